The minimum atomic E-state index is -1.35. The number of carboxylic acids is 1. The lowest BCUT2D eigenvalue weighted by Gasteiger charge is -2.27. The van der Waals surface area contributed by atoms with Gasteiger partial charge in [0, 0.05) is 5.56 Å². The summed E-state index contributed by atoms with van der Waals surface area (Å²) in [4.78, 5) is 11.1. The second-order valence-electron chi connectivity index (χ2n) is 4.29. The highest BCUT2D eigenvalue weighted by atomic mass is 35.5. The standard InChI is InChI=1S/C12H15ClO4/c1-12(2,11(15)16)10(14)9-7(13)5-4-6-8(9)17-3/h4-6,10,14H,1-3H3,(H,15,16). The fourth-order valence-electron chi connectivity index (χ4n) is 1.44. The van der Waals surface area contributed by atoms with Crippen LogP contribution in [0.5, 0.6) is 5.75 Å². The zero-order valence-corrected chi connectivity index (χ0v) is 10.7. The maximum Gasteiger partial charge on any atom is 0.312 e. The van der Waals surface area contributed by atoms with Gasteiger partial charge in [-0.25, -0.2) is 0 Å². The van der Waals surface area contributed by atoms with Crippen molar-refractivity contribution in [2.75, 3.05) is 7.11 Å². The molecule has 94 valence electrons. The number of rotatable bonds is 4. The molecular weight excluding hydrogens is 244 g/mol. The average Bonchev–Trinajstić information content (AvgIpc) is 2.27. The lowest BCUT2D eigenvalue weighted by Crippen LogP contribution is -2.31. The number of aliphatic hydroxyl groups excluding tert-OH is 1. The zero-order valence-electron chi connectivity index (χ0n) is 9.90. The Morgan fingerprint density at radius 3 is 2.53 bits per heavy atom. The van der Waals surface area contributed by atoms with Crippen molar-refractivity contribution >= 4 is 17.6 Å². The van der Waals surface area contributed by atoms with Gasteiger partial charge < -0.3 is 14.9 Å². The summed E-state index contributed by atoms with van der Waals surface area (Å²) in [6.07, 6.45) is -1.25. The van der Waals surface area contributed by atoms with Crippen LogP contribution in [0.1, 0.15) is 25.5 Å². The number of carboxylic acid groups (broad SMARTS) is 1. The van der Waals surface area contributed by atoms with E-state index in [0.717, 1.165) is 0 Å². The molecule has 0 fully saturated rings. The highest BCUT2D eigenvalue weighted by molar-refractivity contribution is 6.31. The number of halogens is 1. The van der Waals surface area contributed by atoms with Gasteiger partial charge >= 0.3 is 5.97 Å². The van der Waals surface area contributed by atoms with Gasteiger partial charge in [-0.15, -0.1) is 0 Å². The summed E-state index contributed by atoms with van der Waals surface area (Å²) in [6.45, 7) is 2.87. The quantitative estimate of drug-likeness (QED) is 0.871. The minimum Gasteiger partial charge on any atom is -0.496 e. The Morgan fingerprint density at radius 1 is 1.47 bits per heavy atom. The van der Waals surface area contributed by atoms with E-state index in [9.17, 15) is 9.90 Å². The van der Waals surface area contributed by atoms with Crippen molar-refractivity contribution < 1.29 is 19.7 Å². The van der Waals surface area contributed by atoms with Crippen LogP contribution in [0.3, 0.4) is 0 Å². The smallest absolute Gasteiger partial charge is 0.312 e. The number of aliphatic carboxylic acids is 1. The molecule has 0 amide bonds. The highest BCUT2D eigenvalue weighted by Gasteiger charge is 2.39. The van der Waals surface area contributed by atoms with Crippen molar-refractivity contribution in [1.29, 1.82) is 0 Å². The van der Waals surface area contributed by atoms with Gasteiger partial charge in [0.25, 0.3) is 0 Å². The maximum atomic E-state index is 11.1. The van der Waals surface area contributed by atoms with Crippen LogP contribution in [0.2, 0.25) is 5.02 Å². The van der Waals surface area contributed by atoms with Gasteiger partial charge in [0.2, 0.25) is 0 Å². The van der Waals surface area contributed by atoms with Crippen molar-refractivity contribution in [2.24, 2.45) is 5.41 Å². The van der Waals surface area contributed by atoms with Gasteiger partial charge in [0.15, 0.2) is 0 Å². The predicted octanol–water partition coefficient (Wildman–Crippen LogP) is 2.49. The summed E-state index contributed by atoms with van der Waals surface area (Å²) in [5.74, 6) is -0.730. The van der Waals surface area contributed by atoms with Crippen LogP contribution < -0.4 is 4.74 Å². The van der Waals surface area contributed by atoms with E-state index in [4.69, 9.17) is 21.4 Å². The third-order valence-corrected chi connectivity index (χ3v) is 3.07. The number of aliphatic hydroxyl groups is 1. The first-order valence-electron chi connectivity index (χ1n) is 5.06. The van der Waals surface area contributed by atoms with Crippen LogP contribution in [0.15, 0.2) is 18.2 Å². The molecule has 0 aliphatic heterocycles. The van der Waals surface area contributed by atoms with E-state index in [-0.39, 0.29) is 5.02 Å². The molecule has 2 N–H and O–H groups in total. The Bertz CT molecular complexity index is 429. The van der Waals surface area contributed by atoms with Gasteiger partial charge in [-0.05, 0) is 26.0 Å². The van der Waals surface area contributed by atoms with E-state index in [1.165, 1.54) is 21.0 Å². The van der Waals surface area contributed by atoms with Gasteiger partial charge in [-0.2, -0.15) is 0 Å². The number of hydrogen-bond acceptors (Lipinski definition) is 3. The molecule has 1 unspecified atom stereocenters. The monoisotopic (exact) mass is 258 g/mol. The van der Waals surface area contributed by atoms with Crippen molar-refractivity contribution in [2.45, 2.75) is 20.0 Å². The molecule has 4 nitrogen and oxygen atoms in total. The molecule has 0 spiro atoms. The largest absolute Gasteiger partial charge is 0.496 e. The van der Waals surface area contributed by atoms with Gasteiger partial charge in [-0.1, -0.05) is 17.7 Å². The second kappa shape index (κ2) is 4.94. The van der Waals surface area contributed by atoms with E-state index in [1.54, 1.807) is 18.2 Å². The highest BCUT2D eigenvalue weighted by Crippen LogP contribution is 2.41. The normalized spacial score (nSPS) is 13.2. The Morgan fingerprint density at radius 2 is 2.06 bits per heavy atom. The van der Waals surface area contributed by atoms with Crippen molar-refractivity contribution in [3.05, 3.63) is 28.8 Å². The van der Waals surface area contributed by atoms with E-state index in [2.05, 4.69) is 0 Å². The number of methoxy groups -OCH3 is 1. The van der Waals surface area contributed by atoms with E-state index >= 15 is 0 Å². The van der Waals surface area contributed by atoms with Crippen LogP contribution in [-0.4, -0.2) is 23.3 Å². The van der Waals surface area contributed by atoms with E-state index in [0.29, 0.717) is 11.3 Å². The second-order valence-corrected chi connectivity index (χ2v) is 4.69. The molecule has 17 heavy (non-hydrogen) atoms. The summed E-state index contributed by atoms with van der Waals surface area (Å²) in [7, 11) is 1.44. The van der Waals surface area contributed by atoms with E-state index in [1.807, 2.05) is 0 Å². The first kappa shape index (κ1) is 13.8. The molecule has 1 atom stereocenters. The van der Waals surface area contributed by atoms with Crippen LogP contribution in [-0.2, 0) is 4.79 Å². The molecule has 0 radical (unpaired) electrons. The van der Waals surface area contributed by atoms with Crippen LogP contribution >= 0.6 is 11.6 Å². The Hall–Kier alpha value is -1.26. The molecule has 0 aliphatic rings. The minimum absolute atomic E-state index is 0.283. The fourth-order valence-corrected chi connectivity index (χ4v) is 1.71. The third kappa shape index (κ3) is 2.53. The lowest BCUT2D eigenvalue weighted by molar-refractivity contribution is -0.153. The molecule has 1 aromatic carbocycles. The lowest BCUT2D eigenvalue weighted by atomic mass is 9.82. The third-order valence-electron chi connectivity index (χ3n) is 2.74. The summed E-state index contributed by atoms with van der Waals surface area (Å²) in [5.41, 5.74) is -1.05. The number of hydrogen-bond donors (Lipinski definition) is 2. The molecule has 0 bridgehead atoms. The number of carbonyl (C=O) groups is 1. The number of benzene rings is 1. The SMILES string of the molecule is COc1cccc(Cl)c1C(O)C(C)(C)C(=O)O. The van der Waals surface area contributed by atoms with Crippen LogP contribution in [0.4, 0.5) is 0 Å². The van der Waals surface area contributed by atoms with E-state index < -0.39 is 17.5 Å². The molecule has 0 saturated carbocycles. The van der Waals surface area contributed by atoms with Crippen LogP contribution in [0, 0.1) is 5.41 Å². The molecule has 0 heterocycles. The summed E-state index contributed by atoms with van der Waals surface area (Å²) in [5, 5.41) is 19.5. The molecule has 0 saturated heterocycles. The summed E-state index contributed by atoms with van der Waals surface area (Å²) >= 11 is 5.98. The molecule has 1 aromatic rings. The summed E-state index contributed by atoms with van der Waals surface area (Å²) in [6, 6.07) is 4.88. The average molecular weight is 259 g/mol. The maximum absolute atomic E-state index is 11.1. The predicted molar refractivity (Wildman–Crippen MR) is 64.4 cm³/mol. The fraction of sp³-hybridized carbons (Fsp3) is 0.417. The molecule has 0 aliphatic carbocycles. The van der Waals surface area contributed by atoms with Gasteiger partial charge in [0.05, 0.1) is 23.7 Å². The Kier molecular flexibility index (Phi) is 4.01. The zero-order chi connectivity index (χ0) is 13.2. The first-order valence-corrected chi connectivity index (χ1v) is 5.44. The Labute approximate surface area is 105 Å². The molecule has 1 rings (SSSR count). The molecular formula is C12H15ClO4. The topological polar surface area (TPSA) is 66.8 Å². The molecule has 0 aromatic heterocycles. The van der Waals surface area contributed by atoms with Crippen molar-refractivity contribution in [3.63, 3.8) is 0 Å². The number of ether oxygens (including phenoxy) is 1. The van der Waals surface area contributed by atoms with Gasteiger partial charge in [-0.3, -0.25) is 4.79 Å². The van der Waals surface area contributed by atoms with Crippen molar-refractivity contribution in [3.8, 4) is 5.75 Å². The Balaban J connectivity index is 3.29. The van der Waals surface area contributed by atoms with Gasteiger partial charge in [0.1, 0.15) is 5.75 Å². The summed E-state index contributed by atoms with van der Waals surface area (Å²) < 4.78 is 5.08. The van der Waals surface area contributed by atoms with Crippen molar-refractivity contribution in [1.82, 2.24) is 0 Å². The molecule has 5 heteroatoms. The van der Waals surface area contributed by atoms with Crippen LogP contribution in [0.25, 0.3) is 0 Å². The first-order chi connectivity index (χ1) is 7.82.